The van der Waals surface area contributed by atoms with Crippen molar-refractivity contribution < 1.29 is 4.79 Å². The Labute approximate surface area is 83.7 Å². The summed E-state index contributed by atoms with van der Waals surface area (Å²) in [5, 5.41) is 10.5. The van der Waals surface area contributed by atoms with Crippen LogP contribution in [0.5, 0.6) is 0 Å². The molecule has 0 aliphatic carbocycles. The second kappa shape index (κ2) is 4.69. The normalized spacial score (nSPS) is 10.3. The lowest BCUT2D eigenvalue weighted by molar-refractivity contribution is 0.0949. The first kappa shape index (κ1) is 10.6. The number of carbonyl (C=O) groups is 1. The molecule has 0 aliphatic heterocycles. The molecule has 0 spiro atoms. The fourth-order valence-corrected chi connectivity index (χ4v) is 1.02. The van der Waals surface area contributed by atoms with Crippen LogP contribution in [-0.4, -0.2) is 22.6 Å². The lowest BCUT2D eigenvalue weighted by atomic mass is 10.1. The number of aromatic nitrogens is 2. The number of hydrogen-bond acceptors (Lipinski definition) is 3. The SMILES string of the molecule is CCNC(=O)c1ccc(C(C)C)nn1. The molecular weight excluding hydrogens is 178 g/mol. The Morgan fingerprint density at radius 2 is 2.14 bits per heavy atom. The zero-order chi connectivity index (χ0) is 10.6. The highest BCUT2D eigenvalue weighted by atomic mass is 16.1. The van der Waals surface area contributed by atoms with Crippen molar-refractivity contribution in [3.63, 3.8) is 0 Å². The molecule has 1 aromatic heterocycles. The molecule has 14 heavy (non-hydrogen) atoms. The van der Waals surface area contributed by atoms with Crippen molar-refractivity contribution in [1.82, 2.24) is 15.5 Å². The molecule has 0 fully saturated rings. The van der Waals surface area contributed by atoms with E-state index in [9.17, 15) is 4.79 Å². The third kappa shape index (κ3) is 2.52. The monoisotopic (exact) mass is 193 g/mol. The zero-order valence-corrected chi connectivity index (χ0v) is 8.74. The maximum Gasteiger partial charge on any atom is 0.271 e. The predicted molar refractivity (Wildman–Crippen MR) is 54.1 cm³/mol. The van der Waals surface area contributed by atoms with Gasteiger partial charge in [0.25, 0.3) is 5.91 Å². The first-order chi connectivity index (χ1) is 6.65. The predicted octanol–water partition coefficient (Wildman–Crippen LogP) is 1.35. The van der Waals surface area contributed by atoms with Crippen LogP contribution in [-0.2, 0) is 0 Å². The highest BCUT2D eigenvalue weighted by molar-refractivity contribution is 5.91. The fourth-order valence-electron chi connectivity index (χ4n) is 1.02. The molecule has 0 aromatic carbocycles. The Hall–Kier alpha value is -1.45. The molecule has 1 rings (SSSR count). The maximum atomic E-state index is 11.3. The largest absolute Gasteiger partial charge is 0.351 e. The zero-order valence-electron chi connectivity index (χ0n) is 8.74. The maximum absolute atomic E-state index is 11.3. The molecule has 76 valence electrons. The summed E-state index contributed by atoms with van der Waals surface area (Å²) < 4.78 is 0. The van der Waals surface area contributed by atoms with Gasteiger partial charge >= 0.3 is 0 Å². The van der Waals surface area contributed by atoms with Crippen LogP contribution in [0.25, 0.3) is 0 Å². The number of amides is 1. The van der Waals surface area contributed by atoms with E-state index in [-0.39, 0.29) is 5.91 Å². The van der Waals surface area contributed by atoms with Crippen LogP contribution < -0.4 is 5.32 Å². The minimum Gasteiger partial charge on any atom is -0.351 e. The lowest BCUT2D eigenvalue weighted by Gasteiger charge is -2.04. The first-order valence-electron chi connectivity index (χ1n) is 4.77. The van der Waals surface area contributed by atoms with Gasteiger partial charge < -0.3 is 5.32 Å². The molecule has 4 heteroatoms. The first-order valence-corrected chi connectivity index (χ1v) is 4.77. The topological polar surface area (TPSA) is 54.9 Å². The average Bonchev–Trinajstić information content (AvgIpc) is 2.18. The quantitative estimate of drug-likeness (QED) is 0.788. The molecule has 0 saturated carbocycles. The van der Waals surface area contributed by atoms with E-state index in [1.54, 1.807) is 6.07 Å². The van der Waals surface area contributed by atoms with E-state index >= 15 is 0 Å². The van der Waals surface area contributed by atoms with Crippen LogP contribution in [0.15, 0.2) is 12.1 Å². The fraction of sp³-hybridized carbons (Fsp3) is 0.500. The van der Waals surface area contributed by atoms with Crippen LogP contribution in [0, 0.1) is 0 Å². The van der Waals surface area contributed by atoms with E-state index in [0.29, 0.717) is 18.2 Å². The van der Waals surface area contributed by atoms with Gasteiger partial charge in [0.05, 0.1) is 5.69 Å². The molecule has 0 saturated heterocycles. The lowest BCUT2D eigenvalue weighted by Crippen LogP contribution is -2.24. The van der Waals surface area contributed by atoms with Gasteiger partial charge in [-0.15, -0.1) is 5.10 Å². The summed E-state index contributed by atoms with van der Waals surface area (Å²) in [7, 11) is 0. The van der Waals surface area contributed by atoms with Crippen LogP contribution in [0.4, 0.5) is 0 Å². The summed E-state index contributed by atoms with van der Waals surface area (Å²) in [6.07, 6.45) is 0. The van der Waals surface area contributed by atoms with Crippen LogP contribution >= 0.6 is 0 Å². The van der Waals surface area contributed by atoms with E-state index in [1.807, 2.05) is 26.8 Å². The molecule has 4 nitrogen and oxygen atoms in total. The van der Waals surface area contributed by atoms with Crippen LogP contribution in [0.2, 0.25) is 0 Å². The van der Waals surface area contributed by atoms with Gasteiger partial charge in [0.15, 0.2) is 5.69 Å². The number of rotatable bonds is 3. The molecule has 0 atom stereocenters. The summed E-state index contributed by atoms with van der Waals surface area (Å²) >= 11 is 0. The number of hydrogen-bond donors (Lipinski definition) is 1. The number of nitrogens with one attached hydrogen (secondary N) is 1. The Kier molecular flexibility index (Phi) is 3.56. The smallest absolute Gasteiger partial charge is 0.271 e. The molecule has 0 bridgehead atoms. The molecule has 0 radical (unpaired) electrons. The minimum atomic E-state index is -0.171. The van der Waals surface area contributed by atoms with Crippen molar-refractivity contribution in [1.29, 1.82) is 0 Å². The highest BCUT2D eigenvalue weighted by Crippen LogP contribution is 2.09. The van der Waals surface area contributed by atoms with Crippen molar-refractivity contribution in [2.24, 2.45) is 0 Å². The number of nitrogens with zero attached hydrogens (tertiary/aromatic N) is 2. The summed E-state index contributed by atoms with van der Waals surface area (Å²) in [6.45, 7) is 6.55. The van der Waals surface area contributed by atoms with Crippen molar-refractivity contribution in [2.75, 3.05) is 6.54 Å². The van der Waals surface area contributed by atoms with Gasteiger partial charge in [0.2, 0.25) is 0 Å². The van der Waals surface area contributed by atoms with Crippen molar-refractivity contribution >= 4 is 5.91 Å². The van der Waals surface area contributed by atoms with Crippen molar-refractivity contribution in [3.05, 3.63) is 23.5 Å². The van der Waals surface area contributed by atoms with Gasteiger partial charge in [0.1, 0.15) is 0 Å². The van der Waals surface area contributed by atoms with E-state index in [4.69, 9.17) is 0 Å². The minimum absolute atomic E-state index is 0.171. The van der Waals surface area contributed by atoms with Crippen molar-refractivity contribution in [2.45, 2.75) is 26.7 Å². The summed E-state index contributed by atoms with van der Waals surface area (Å²) in [6, 6.07) is 3.54. The Balaban J connectivity index is 2.78. The second-order valence-electron chi connectivity index (χ2n) is 3.36. The van der Waals surface area contributed by atoms with E-state index < -0.39 is 0 Å². The standard InChI is InChI=1S/C10H15N3O/c1-4-11-10(14)9-6-5-8(7(2)3)12-13-9/h5-7H,4H2,1-3H3,(H,11,14). The summed E-state index contributed by atoms with van der Waals surface area (Å²) in [5.74, 6) is 0.168. The van der Waals surface area contributed by atoms with Gasteiger partial charge in [-0.2, -0.15) is 5.10 Å². The molecule has 1 N–H and O–H groups in total. The Morgan fingerprint density at radius 3 is 2.57 bits per heavy atom. The Bertz CT molecular complexity index is 306. The molecule has 1 aromatic rings. The molecule has 0 unspecified atom stereocenters. The average molecular weight is 193 g/mol. The van der Waals surface area contributed by atoms with Gasteiger partial charge in [-0.3, -0.25) is 4.79 Å². The molecule has 1 heterocycles. The molecule has 0 aliphatic rings. The highest BCUT2D eigenvalue weighted by Gasteiger charge is 2.07. The van der Waals surface area contributed by atoms with Gasteiger partial charge in [-0.25, -0.2) is 0 Å². The van der Waals surface area contributed by atoms with Crippen molar-refractivity contribution in [3.8, 4) is 0 Å². The Morgan fingerprint density at radius 1 is 1.43 bits per heavy atom. The molecular formula is C10H15N3O. The second-order valence-corrected chi connectivity index (χ2v) is 3.36. The van der Waals surface area contributed by atoms with Gasteiger partial charge in [-0.05, 0) is 25.0 Å². The third-order valence-electron chi connectivity index (χ3n) is 1.85. The van der Waals surface area contributed by atoms with E-state index in [0.717, 1.165) is 5.69 Å². The van der Waals surface area contributed by atoms with E-state index in [1.165, 1.54) is 0 Å². The van der Waals surface area contributed by atoms with Gasteiger partial charge in [-0.1, -0.05) is 13.8 Å². The van der Waals surface area contributed by atoms with Gasteiger partial charge in [0, 0.05) is 6.54 Å². The third-order valence-corrected chi connectivity index (χ3v) is 1.85. The van der Waals surface area contributed by atoms with E-state index in [2.05, 4.69) is 15.5 Å². The molecule has 1 amide bonds. The summed E-state index contributed by atoms with van der Waals surface area (Å²) in [5.41, 5.74) is 1.27. The van der Waals surface area contributed by atoms with Crippen LogP contribution in [0.3, 0.4) is 0 Å². The van der Waals surface area contributed by atoms with Crippen LogP contribution in [0.1, 0.15) is 42.9 Å². The number of carbonyl (C=O) groups excluding carboxylic acids is 1. The summed E-state index contributed by atoms with van der Waals surface area (Å²) in [4.78, 5) is 11.3.